The van der Waals surface area contributed by atoms with Gasteiger partial charge >= 0.3 is 0 Å². The topological polar surface area (TPSA) is 49.3 Å². The average molecular weight is 153 g/mol. The molecule has 11 heavy (non-hydrogen) atoms. The molecule has 0 atom stereocenters. The highest BCUT2D eigenvalue weighted by Crippen LogP contribution is 1.81. The first-order chi connectivity index (χ1) is 5.23. The first kappa shape index (κ1) is 9.49. The highest BCUT2D eigenvalue weighted by Gasteiger charge is 1.67. The smallest absolute Gasteiger partial charge is 0.300 e. The first-order valence-corrected chi connectivity index (χ1v) is 3.17. The molecule has 0 radical (unpaired) electrons. The van der Waals surface area contributed by atoms with Gasteiger partial charge in [0, 0.05) is 19.3 Å². The molecule has 1 aliphatic heterocycles. The van der Waals surface area contributed by atoms with Crippen LogP contribution in [0.15, 0.2) is 36.7 Å². The summed E-state index contributed by atoms with van der Waals surface area (Å²) in [7, 11) is 0. The van der Waals surface area contributed by atoms with E-state index in [-0.39, 0.29) is 0 Å². The van der Waals surface area contributed by atoms with E-state index in [4.69, 9.17) is 9.90 Å². The molecule has 0 bridgehead atoms. The van der Waals surface area contributed by atoms with Crippen LogP contribution >= 0.6 is 0 Å². The number of hydrogen-bond donors (Lipinski definition) is 2. The fourth-order valence-electron chi connectivity index (χ4n) is 0.406. The van der Waals surface area contributed by atoms with E-state index in [1.54, 1.807) is 0 Å². The second kappa shape index (κ2) is 6.61. The van der Waals surface area contributed by atoms with Crippen molar-refractivity contribution in [3.05, 3.63) is 36.7 Å². The number of aliphatic carboxylic acids is 1. The molecule has 0 aromatic heterocycles. The fourth-order valence-corrected chi connectivity index (χ4v) is 0.406. The van der Waals surface area contributed by atoms with Crippen molar-refractivity contribution in [2.75, 3.05) is 0 Å². The molecule has 0 amide bonds. The molecule has 0 spiro atoms. The lowest BCUT2D eigenvalue weighted by Gasteiger charge is -1.79. The molecule has 1 aliphatic rings. The van der Waals surface area contributed by atoms with Crippen molar-refractivity contribution < 1.29 is 9.90 Å². The predicted octanol–water partition coefficient (Wildman–Crippen LogP) is 1.26. The first-order valence-electron chi connectivity index (χ1n) is 3.17. The predicted molar refractivity (Wildman–Crippen MR) is 43.9 cm³/mol. The Hall–Kier alpha value is -1.51. The zero-order valence-electron chi connectivity index (χ0n) is 6.32. The lowest BCUT2D eigenvalue weighted by Crippen LogP contribution is -1.87. The van der Waals surface area contributed by atoms with Crippen LogP contribution in [0.1, 0.15) is 6.92 Å². The fraction of sp³-hybridized carbons (Fsp3) is 0.125. The molecule has 0 unspecified atom stereocenters. The SMILES string of the molecule is C1=CC=CNC=C1.CC(=O)O. The van der Waals surface area contributed by atoms with Gasteiger partial charge in [-0.15, -0.1) is 0 Å². The summed E-state index contributed by atoms with van der Waals surface area (Å²) in [6.07, 6.45) is 11.6. The monoisotopic (exact) mass is 153 g/mol. The highest BCUT2D eigenvalue weighted by molar-refractivity contribution is 5.62. The van der Waals surface area contributed by atoms with Crippen LogP contribution in [0.4, 0.5) is 0 Å². The Balaban J connectivity index is 0.000000218. The van der Waals surface area contributed by atoms with Crippen LogP contribution in [0.5, 0.6) is 0 Å². The maximum atomic E-state index is 9.00. The second-order valence-corrected chi connectivity index (χ2v) is 1.79. The van der Waals surface area contributed by atoms with Crippen molar-refractivity contribution in [1.29, 1.82) is 0 Å². The number of carboxylic acids is 1. The number of carbonyl (C=O) groups is 1. The molecule has 0 aromatic carbocycles. The molecule has 3 nitrogen and oxygen atoms in total. The molecule has 1 heterocycles. The average Bonchev–Trinajstić information content (AvgIpc) is 2.13. The number of hydrogen-bond acceptors (Lipinski definition) is 2. The molecule has 1 rings (SSSR count). The summed E-state index contributed by atoms with van der Waals surface area (Å²) in [5.74, 6) is -0.833. The number of carboxylic acid groups (broad SMARTS) is 1. The van der Waals surface area contributed by atoms with Gasteiger partial charge < -0.3 is 10.4 Å². The zero-order valence-corrected chi connectivity index (χ0v) is 6.32. The molecule has 0 aromatic rings. The van der Waals surface area contributed by atoms with Gasteiger partial charge in [-0.2, -0.15) is 0 Å². The van der Waals surface area contributed by atoms with Crippen molar-refractivity contribution in [3.63, 3.8) is 0 Å². The van der Waals surface area contributed by atoms with Crippen molar-refractivity contribution in [2.45, 2.75) is 6.92 Å². The zero-order chi connectivity index (χ0) is 8.53. The summed E-state index contributed by atoms with van der Waals surface area (Å²) in [6, 6.07) is 0. The quantitative estimate of drug-likeness (QED) is 0.551. The maximum Gasteiger partial charge on any atom is 0.300 e. The normalized spacial score (nSPS) is 12.5. The van der Waals surface area contributed by atoms with E-state index in [9.17, 15) is 0 Å². The molecule has 3 heteroatoms. The summed E-state index contributed by atoms with van der Waals surface area (Å²) >= 11 is 0. The van der Waals surface area contributed by atoms with Crippen molar-refractivity contribution >= 4 is 5.97 Å². The lowest BCUT2D eigenvalue weighted by molar-refractivity contribution is -0.134. The van der Waals surface area contributed by atoms with E-state index in [1.807, 2.05) is 36.7 Å². The van der Waals surface area contributed by atoms with Gasteiger partial charge in [-0.3, -0.25) is 4.79 Å². The van der Waals surface area contributed by atoms with Gasteiger partial charge in [0.15, 0.2) is 0 Å². The summed E-state index contributed by atoms with van der Waals surface area (Å²) < 4.78 is 0. The van der Waals surface area contributed by atoms with Crippen LogP contribution in [0.3, 0.4) is 0 Å². The van der Waals surface area contributed by atoms with Gasteiger partial charge in [-0.25, -0.2) is 0 Å². The Kier molecular flexibility index (Phi) is 5.70. The maximum absolute atomic E-state index is 9.00. The van der Waals surface area contributed by atoms with Crippen molar-refractivity contribution in [2.24, 2.45) is 0 Å². The Morgan fingerprint density at radius 2 is 1.55 bits per heavy atom. The Labute approximate surface area is 65.7 Å². The van der Waals surface area contributed by atoms with Gasteiger partial charge in [-0.1, -0.05) is 12.2 Å². The van der Waals surface area contributed by atoms with E-state index in [2.05, 4.69) is 5.32 Å². The Morgan fingerprint density at radius 1 is 1.18 bits per heavy atom. The molecular weight excluding hydrogens is 142 g/mol. The molecule has 0 fully saturated rings. The van der Waals surface area contributed by atoms with Crippen LogP contribution < -0.4 is 5.32 Å². The Morgan fingerprint density at radius 3 is 1.91 bits per heavy atom. The van der Waals surface area contributed by atoms with Crippen LogP contribution in [0, 0.1) is 0 Å². The number of nitrogens with one attached hydrogen (secondary N) is 1. The van der Waals surface area contributed by atoms with E-state index in [1.165, 1.54) is 0 Å². The molecule has 0 aliphatic carbocycles. The van der Waals surface area contributed by atoms with Gasteiger partial charge in [0.25, 0.3) is 5.97 Å². The minimum atomic E-state index is -0.833. The second-order valence-electron chi connectivity index (χ2n) is 1.79. The van der Waals surface area contributed by atoms with Crippen LogP contribution in [0.25, 0.3) is 0 Å². The molecule has 60 valence electrons. The minimum absolute atomic E-state index is 0.833. The van der Waals surface area contributed by atoms with Gasteiger partial charge in [-0.05, 0) is 12.2 Å². The summed E-state index contributed by atoms with van der Waals surface area (Å²) in [6.45, 7) is 1.08. The summed E-state index contributed by atoms with van der Waals surface area (Å²) in [4.78, 5) is 9.00. The molecular formula is C8H11NO2. The van der Waals surface area contributed by atoms with Gasteiger partial charge in [0.1, 0.15) is 0 Å². The summed E-state index contributed by atoms with van der Waals surface area (Å²) in [5.41, 5.74) is 0. The lowest BCUT2D eigenvalue weighted by atomic mass is 10.5. The van der Waals surface area contributed by atoms with E-state index < -0.39 is 5.97 Å². The van der Waals surface area contributed by atoms with Crippen LogP contribution in [-0.4, -0.2) is 11.1 Å². The van der Waals surface area contributed by atoms with Gasteiger partial charge in [0.2, 0.25) is 0 Å². The third kappa shape index (κ3) is 11.9. The third-order valence-electron chi connectivity index (χ3n) is 0.718. The summed E-state index contributed by atoms with van der Waals surface area (Å²) in [5, 5.41) is 10.3. The Bertz CT molecular complexity index is 174. The van der Waals surface area contributed by atoms with Crippen LogP contribution in [0.2, 0.25) is 0 Å². The van der Waals surface area contributed by atoms with Crippen molar-refractivity contribution in [1.82, 2.24) is 5.32 Å². The largest absolute Gasteiger partial charge is 0.481 e. The van der Waals surface area contributed by atoms with E-state index in [0.29, 0.717) is 0 Å². The van der Waals surface area contributed by atoms with Crippen LogP contribution in [-0.2, 0) is 4.79 Å². The van der Waals surface area contributed by atoms with Gasteiger partial charge in [0.05, 0.1) is 0 Å². The molecule has 0 saturated carbocycles. The third-order valence-corrected chi connectivity index (χ3v) is 0.718. The minimum Gasteiger partial charge on any atom is -0.481 e. The molecule has 2 N–H and O–H groups in total. The standard InChI is InChI=1S/C6H7N.C2H4O2/c1-2-4-6-7-5-3-1;1-2(3)4/h1-7H;1H3,(H,3,4). The van der Waals surface area contributed by atoms with E-state index >= 15 is 0 Å². The number of allylic oxidation sites excluding steroid dienone is 4. The number of rotatable bonds is 0. The van der Waals surface area contributed by atoms with Crippen molar-refractivity contribution in [3.8, 4) is 0 Å². The van der Waals surface area contributed by atoms with E-state index in [0.717, 1.165) is 6.92 Å². The highest BCUT2D eigenvalue weighted by atomic mass is 16.4. The molecule has 0 saturated heterocycles.